The summed E-state index contributed by atoms with van der Waals surface area (Å²) >= 11 is 1.60. The van der Waals surface area contributed by atoms with Crippen molar-refractivity contribution in [2.45, 2.75) is 17.6 Å². The number of thioether (sulfide) groups is 1. The van der Waals surface area contributed by atoms with Crippen LogP contribution in [0, 0.1) is 18.3 Å². The van der Waals surface area contributed by atoms with Gasteiger partial charge in [-0.15, -0.1) is 22.0 Å². The van der Waals surface area contributed by atoms with Gasteiger partial charge in [0.15, 0.2) is 0 Å². The van der Waals surface area contributed by atoms with Gasteiger partial charge in [0, 0.05) is 11.8 Å². The zero-order valence-corrected chi connectivity index (χ0v) is 9.49. The van der Waals surface area contributed by atoms with E-state index in [4.69, 9.17) is 9.68 Å². The summed E-state index contributed by atoms with van der Waals surface area (Å²) in [5.41, 5.74) is 0.665. The van der Waals surface area contributed by atoms with E-state index in [1.807, 2.05) is 12.1 Å². The lowest BCUT2D eigenvalue weighted by molar-refractivity contribution is 0.485. The highest BCUT2D eigenvalue weighted by molar-refractivity contribution is 7.98. The highest BCUT2D eigenvalue weighted by Crippen LogP contribution is 2.22. The maximum Gasteiger partial charge on any atom is 0.226 e. The van der Waals surface area contributed by atoms with Crippen LogP contribution < -0.4 is 0 Å². The standard InChI is InChI=1S/C11H9N3OS/c1-8-13-14-11(15-8)7-16-10-4-2-9(6-12)3-5-10/h2-5H,7H2,1H3. The van der Waals surface area contributed by atoms with E-state index in [-0.39, 0.29) is 0 Å². The number of nitriles is 1. The van der Waals surface area contributed by atoms with E-state index in [2.05, 4.69) is 16.3 Å². The van der Waals surface area contributed by atoms with Crippen molar-refractivity contribution in [2.24, 2.45) is 0 Å². The Kier molecular flexibility index (Phi) is 3.22. The average molecular weight is 231 g/mol. The Bertz CT molecular complexity index is 513. The molecule has 0 radical (unpaired) electrons. The molecular formula is C11H9N3OS. The van der Waals surface area contributed by atoms with Gasteiger partial charge in [-0.25, -0.2) is 0 Å². The third kappa shape index (κ3) is 2.61. The first-order chi connectivity index (χ1) is 7.78. The summed E-state index contributed by atoms with van der Waals surface area (Å²) in [6, 6.07) is 9.49. The van der Waals surface area contributed by atoms with Crippen LogP contribution in [0.5, 0.6) is 0 Å². The summed E-state index contributed by atoms with van der Waals surface area (Å²) in [6.45, 7) is 1.77. The summed E-state index contributed by atoms with van der Waals surface area (Å²) in [4.78, 5) is 1.08. The molecule has 1 aromatic carbocycles. The fourth-order valence-electron chi connectivity index (χ4n) is 1.17. The number of hydrogen-bond donors (Lipinski definition) is 0. The van der Waals surface area contributed by atoms with Gasteiger partial charge in [-0.1, -0.05) is 0 Å². The number of rotatable bonds is 3. The Labute approximate surface area is 97.3 Å². The second-order valence-electron chi connectivity index (χ2n) is 3.14. The Hall–Kier alpha value is -1.80. The molecule has 0 amide bonds. The zero-order chi connectivity index (χ0) is 11.4. The largest absolute Gasteiger partial charge is 0.425 e. The van der Waals surface area contributed by atoms with Gasteiger partial charge in [0.25, 0.3) is 0 Å². The van der Waals surface area contributed by atoms with Crippen LogP contribution in [0.3, 0.4) is 0 Å². The van der Waals surface area contributed by atoms with E-state index in [0.29, 0.717) is 23.1 Å². The quantitative estimate of drug-likeness (QED) is 0.759. The maximum absolute atomic E-state index is 8.65. The highest BCUT2D eigenvalue weighted by atomic mass is 32.2. The average Bonchev–Trinajstić information content (AvgIpc) is 2.73. The van der Waals surface area contributed by atoms with Gasteiger partial charge in [0.1, 0.15) is 0 Å². The fraction of sp³-hybridized carbons (Fsp3) is 0.182. The van der Waals surface area contributed by atoms with E-state index in [1.165, 1.54) is 0 Å². The molecule has 2 aromatic rings. The monoisotopic (exact) mass is 231 g/mol. The molecule has 0 saturated heterocycles. The Morgan fingerprint density at radius 1 is 1.31 bits per heavy atom. The molecule has 2 rings (SSSR count). The summed E-state index contributed by atoms with van der Waals surface area (Å²) in [5.74, 6) is 1.84. The van der Waals surface area contributed by atoms with Crippen LogP contribution in [0.1, 0.15) is 17.3 Å². The van der Waals surface area contributed by atoms with E-state index in [1.54, 1.807) is 30.8 Å². The number of benzene rings is 1. The first-order valence-electron chi connectivity index (χ1n) is 4.70. The minimum atomic E-state index is 0.579. The van der Waals surface area contributed by atoms with Crippen molar-refractivity contribution in [3.05, 3.63) is 41.6 Å². The van der Waals surface area contributed by atoms with Crippen LogP contribution in [-0.2, 0) is 5.75 Å². The van der Waals surface area contributed by atoms with Crippen LogP contribution in [0.4, 0.5) is 0 Å². The van der Waals surface area contributed by atoms with Crippen LogP contribution in [-0.4, -0.2) is 10.2 Å². The molecule has 0 unspecified atom stereocenters. The van der Waals surface area contributed by atoms with Crippen LogP contribution >= 0.6 is 11.8 Å². The van der Waals surface area contributed by atoms with Crippen molar-refractivity contribution >= 4 is 11.8 Å². The SMILES string of the molecule is Cc1nnc(CSc2ccc(C#N)cc2)o1. The molecule has 5 heteroatoms. The van der Waals surface area contributed by atoms with E-state index >= 15 is 0 Å². The van der Waals surface area contributed by atoms with Crippen molar-refractivity contribution in [2.75, 3.05) is 0 Å². The molecule has 0 aliphatic rings. The Balaban J connectivity index is 1.97. The topological polar surface area (TPSA) is 62.7 Å². The molecule has 0 atom stereocenters. The second-order valence-corrected chi connectivity index (χ2v) is 4.19. The Morgan fingerprint density at radius 3 is 2.62 bits per heavy atom. The van der Waals surface area contributed by atoms with Crippen molar-refractivity contribution in [3.8, 4) is 6.07 Å². The minimum absolute atomic E-state index is 0.579. The molecular weight excluding hydrogens is 222 g/mol. The Morgan fingerprint density at radius 2 is 2.06 bits per heavy atom. The zero-order valence-electron chi connectivity index (χ0n) is 8.67. The highest BCUT2D eigenvalue weighted by Gasteiger charge is 2.03. The lowest BCUT2D eigenvalue weighted by Gasteiger charge is -1.97. The molecule has 1 heterocycles. The van der Waals surface area contributed by atoms with Gasteiger partial charge in [0.05, 0.1) is 17.4 Å². The van der Waals surface area contributed by atoms with Crippen molar-refractivity contribution in [1.82, 2.24) is 10.2 Å². The predicted molar refractivity (Wildman–Crippen MR) is 59.8 cm³/mol. The van der Waals surface area contributed by atoms with Crippen LogP contribution in [0.25, 0.3) is 0 Å². The van der Waals surface area contributed by atoms with Gasteiger partial charge in [-0.3, -0.25) is 0 Å². The smallest absolute Gasteiger partial charge is 0.226 e. The van der Waals surface area contributed by atoms with E-state index < -0.39 is 0 Å². The molecule has 0 fully saturated rings. The first kappa shape index (κ1) is 10.7. The fourth-order valence-corrected chi connectivity index (χ4v) is 1.90. The molecule has 1 aromatic heterocycles. The lowest BCUT2D eigenvalue weighted by atomic mass is 10.2. The summed E-state index contributed by atoms with van der Waals surface area (Å²) in [5, 5.41) is 16.3. The molecule has 0 aliphatic carbocycles. The van der Waals surface area contributed by atoms with Crippen LogP contribution in [0.2, 0.25) is 0 Å². The summed E-state index contributed by atoms with van der Waals surface area (Å²) in [6.07, 6.45) is 0. The molecule has 16 heavy (non-hydrogen) atoms. The molecule has 0 aliphatic heterocycles. The van der Waals surface area contributed by atoms with Crippen molar-refractivity contribution in [1.29, 1.82) is 5.26 Å². The normalized spacial score (nSPS) is 10.0. The molecule has 0 spiro atoms. The summed E-state index contributed by atoms with van der Waals surface area (Å²) < 4.78 is 5.25. The maximum atomic E-state index is 8.65. The van der Waals surface area contributed by atoms with Crippen molar-refractivity contribution in [3.63, 3.8) is 0 Å². The van der Waals surface area contributed by atoms with Crippen molar-refractivity contribution < 1.29 is 4.42 Å². The summed E-state index contributed by atoms with van der Waals surface area (Å²) in [7, 11) is 0. The number of hydrogen-bond acceptors (Lipinski definition) is 5. The number of aryl methyl sites for hydroxylation is 1. The molecule has 80 valence electrons. The van der Waals surface area contributed by atoms with Gasteiger partial charge >= 0.3 is 0 Å². The van der Waals surface area contributed by atoms with E-state index in [0.717, 1.165) is 4.90 Å². The van der Waals surface area contributed by atoms with Gasteiger partial charge in [-0.2, -0.15) is 5.26 Å². The minimum Gasteiger partial charge on any atom is -0.425 e. The molecule has 4 nitrogen and oxygen atoms in total. The molecule has 0 N–H and O–H groups in total. The third-order valence-corrected chi connectivity index (χ3v) is 2.91. The molecule has 0 saturated carbocycles. The van der Waals surface area contributed by atoms with Crippen LogP contribution in [0.15, 0.2) is 33.6 Å². The third-order valence-electron chi connectivity index (χ3n) is 1.91. The van der Waals surface area contributed by atoms with Gasteiger partial charge in [-0.05, 0) is 24.3 Å². The second kappa shape index (κ2) is 4.81. The predicted octanol–water partition coefficient (Wildman–Crippen LogP) is 2.54. The lowest BCUT2D eigenvalue weighted by Crippen LogP contribution is -1.81. The number of aromatic nitrogens is 2. The van der Waals surface area contributed by atoms with Gasteiger partial charge < -0.3 is 4.42 Å². The molecule has 0 bridgehead atoms. The number of nitrogens with zero attached hydrogens (tertiary/aromatic N) is 3. The van der Waals surface area contributed by atoms with E-state index in [9.17, 15) is 0 Å². The first-order valence-corrected chi connectivity index (χ1v) is 5.68. The van der Waals surface area contributed by atoms with Gasteiger partial charge in [0.2, 0.25) is 11.8 Å².